The highest BCUT2D eigenvalue weighted by Gasteiger charge is 2.20. The molecule has 0 unspecified atom stereocenters. The fourth-order valence-electron chi connectivity index (χ4n) is 1.63. The van der Waals surface area contributed by atoms with E-state index < -0.39 is 0 Å². The fraction of sp³-hybridized carbons (Fsp3) is 0.364. The minimum Gasteiger partial charge on any atom is -0.432 e. The van der Waals surface area contributed by atoms with E-state index in [1.165, 1.54) is 6.26 Å². The van der Waals surface area contributed by atoms with Gasteiger partial charge in [0.15, 0.2) is 0 Å². The zero-order valence-electron chi connectivity index (χ0n) is 10.5. The molecule has 0 fully saturated rings. The van der Waals surface area contributed by atoms with Crippen LogP contribution in [0.25, 0.3) is 0 Å². The summed E-state index contributed by atoms with van der Waals surface area (Å²) in [6, 6.07) is 0.151. The molecule has 1 amide bonds. The van der Waals surface area contributed by atoms with Crippen LogP contribution in [0.5, 0.6) is 0 Å². The lowest BCUT2D eigenvalue weighted by Gasteiger charge is -2.04. The molecule has 2 aromatic heterocycles. The first kappa shape index (κ1) is 12.2. The van der Waals surface area contributed by atoms with Crippen molar-refractivity contribution in [2.75, 3.05) is 11.1 Å². The van der Waals surface area contributed by atoms with E-state index in [0.717, 1.165) is 0 Å². The number of oxazole rings is 1. The quantitative estimate of drug-likeness (QED) is 0.855. The number of rotatable bonds is 3. The Hall–Kier alpha value is -2.31. The molecule has 0 aliphatic carbocycles. The predicted molar refractivity (Wildman–Crippen MR) is 66.2 cm³/mol. The normalized spacial score (nSPS) is 10.6. The molecule has 0 radical (unpaired) electrons. The Kier molecular flexibility index (Phi) is 3.05. The van der Waals surface area contributed by atoms with Gasteiger partial charge in [-0.15, -0.1) is 0 Å². The standard InChI is InChI=1S/C11H15N5O2/c1-4-16-9(8(12)7(3)15-16)10(17)14-11-13-6(2)5-18-11/h5H,4,12H2,1-3H3,(H,13,14,17). The Labute approximate surface area is 104 Å². The van der Waals surface area contributed by atoms with Gasteiger partial charge in [0.05, 0.1) is 17.1 Å². The molecule has 18 heavy (non-hydrogen) atoms. The number of aromatic nitrogens is 3. The molecular formula is C11H15N5O2. The van der Waals surface area contributed by atoms with Gasteiger partial charge in [0.25, 0.3) is 5.91 Å². The van der Waals surface area contributed by atoms with Crippen LogP contribution in [0.1, 0.15) is 28.8 Å². The highest BCUT2D eigenvalue weighted by Crippen LogP contribution is 2.18. The van der Waals surface area contributed by atoms with Crippen molar-refractivity contribution in [1.29, 1.82) is 0 Å². The first-order valence-electron chi connectivity index (χ1n) is 5.59. The second-order valence-electron chi connectivity index (χ2n) is 3.91. The molecule has 0 bridgehead atoms. The highest BCUT2D eigenvalue weighted by atomic mass is 16.4. The number of amides is 1. The lowest BCUT2D eigenvalue weighted by atomic mass is 10.3. The zero-order valence-corrected chi connectivity index (χ0v) is 10.5. The predicted octanol–water partition coefficient (Wildman–Crippen LogP) is 1.34. The largest absolute Gasteiger partial charge is 0.432 e. The molecule has 2 heterocycles. The Balaban J connectivity index is 2.28. The average molecular weight is 249 g/mol. The topological polar surface area (TPSA) is 99.0 Å². The number of hydrogen-bond acceptors (Lipinski definition) is 5. The van der Waals surface area contributed by atoms with Crippen LogP contribution in [0.15, 0.2) is 10.7 Å². The lowest BCUT2D eigenvalue weighted by molar-refractivity contribution is 0.101. The van der Waals surface area contributed by atoms with Gasteiger partial charge < -0.3 is 10.2 Å². The van der Waals surface area contributed by atoms with Crippen LogP contribution in [-0.4, -0.2) is 20.7 Å². The Bertz CT molecular complexity index is 584. The van der Waals surface area contributed by atoms with Crippen LogP contribution in [0.2, 0.25) is 0 Å². The van der Waals surface area contributed by atoms with Gasteiger partial charge in [-0.1, -0.05) is 0 Å². The van der Waals surface area contributed by atoms with Crippen LogP contribution in [0.4, 0.5) is 11.7 Å². The Morgan fingerprint density at radius 2 is 2.28 bits per heavy atom. The summed E-state index contributed by atoms with van der Waals surface area (Å²) < 4.78 is 6.61. The number of carbonyl (C=O) groups excluding carboxylic acids is 1. The van der Waals surface area contributed by atoms with E-state index >= 15 is 0 Å². The minimum atomic E-state index is -0.378. The first-order chi connectivity index (χ1) is 8.52. The molecule has 0 aromatic carbocycles. The molecule has 7 heteroatoms. The number of nitrogens with two attached hydrogens (primary N) is 1. The van der Waals surface area contributed by atoms with Gasteiger partial charge in [-0.05, 0) is 20.8 Å². The van der Waals surface area contributed by atoms with Gasteiger partial charge in [-0.3, -0.25) is 14.8 Å². The second kappa shape index (κ2) is 4.52. The molecule has 0 saturated carbocycles. The van der Waals surface area contributed by atoms with Crippen molar-refractivity contribution in [2.45, 2.75) is 27.3 Å². The first-order valence-corrected chi connectivity index (χ1v) is 5.59. The minimum absolute atomic E-state index is 0.151. The van der Waals surface area contributed by atoms with Crippen LogP contribution in [0, 0.1) is 13.8 Å². The summed E-state index contributed by atoms with van der Waals surface area (Å²) in [4.78, 5) is 16.1. The molecule has 0 atom stereocenters. The van der Waals surface area contributed by atoms with E-state index in [2.05, 4.69) is 15.4 Å². The molecular weight excluding hydrogens is 234 g/mol. The number of nitrogens with one attached hydrogen (secondary N) is 1. The lowest BCUT2D eigenvalue weighted by Crippen LogP contribution is -2.19. The van der Waals surface area contributed by atoms with E-state index in [0.29, 0.717) is 29.3 Å². The summed E-state index contributed by atoms with van der Waals surface area (Å²) in [5.41, 5.74) is 7.86. The van der Waals surface area contributed by atoms with Gasteiger partial charge in [-0.25, -0.2) is 0 Å². The maximum absolute atomic E-state index is 12.1. The maximum atomic E-state index is 12.1. The molecule has 2 rings (SSSR count). The van der Waals surface area contributed by atoms with Crippen LogP contribution >= 0.6 is 0 Å². The van der Waals surface area contributed by atoms with E-state index in [9.17, 15) is 4.79 Å². The number of carbonyl (C=O) groups is 1. The summed E-state index contributed by atoms with van der Waals surface area (Å²) >= 11 is 0. The van der Waals surface area contributed by atoms with Crippen molar-refractivity contribution >= 4 is 17.6 Å². The van der Waals surface area contributed by atoms with E-state index in [1.807, 2.05) is 6.92 Å². The van der Waals surface area contributed by atoms with E-state index in [1.54, 1.807) is 18.5 Å². The fourth-order valence-corrected chi connectivity index (χ4v) is 1.63. The van der Waals surface area contributed by atoms with Crippen molar-refractivity contribution in [3.63, 3.8) is 0 Å². The third-order valence-corrected chi connectivity index (χ3v) is 2.53. The molecule has 7 nitrogen and oxygen atoms in total. The summed E-state index contributed by atoms with van der Waals surface area (Å²) in [6.45, 7) is 5.98. The summed E-state index contributed by atoms with van der Waals surface area (Å²) in [5.74, 6) is -0.378. The van der Waals surface area contributed by atoms with Gasteiger partial charge >= 0.3 is 6.01 Å². The highest BCUT2D eigenvalue weighted by molar-refractivity contribution is 6.05. The van der Waals surface area contributed by atoms with Crippen molar-refractivity contribution in [2.24, 2.45) is 0 Å². The van der Waals surface area contributed by atoms with Crippen LogP contribution in [0.3, 0.4) is 0 Å². The number of hydrogen-bond donors (Lipinski definition) is 2. The smallest absolute Gasteiger partial charge is 0.301 e. The molecule has 0 spiro atoms. The third-order valence-electron chi connectivity index (χ3n) is 2.53. The molecule has 3 N–H and O–H groups in total. The average Bonchev–Trinajstić information content (AvgIpc) is 2.84. The maximum Gasteiger partial charge on any atom is 0.301 e. The monoisotopic (exact) mass is 249 g/mol. The second-order valence-corrected chi connectivity index (χ2v) is 3.91. The van der Waals surface area contributed by atoms with Gasteiger partial charge in [-0.2, -0.15) is 10.1 Å². The van der Waals surface area contributed by atoms with Crippen molar-refractivity contribution in [3.8, 4) is 0 Å². The van der Waals surface area contributed by atoms with E-state index in [-0.39, 0.29) is 11.9 Å². The zero-order chi connectivity index (χ0) is 13.3. The third kappa shape index (κ3) is 2.06. The number of aryl methyl sites for hydroxylation is 3. The van der Waals surface area contributed by atoms with Crippen molar-refractivity contribution < 1.29 is 9.21 Å². The summed E-state index contributed by atoms with van der Waals surface area (Å²) in [7, 11) is 0. The van der Waals surface area contributed by atoms with Gasteiger partial charge in [0.1, 0.15) is 12.0 Å². The molecule has 2 aromatic rings. The SMILES string of the molecule is CCn1nc(C)c(N)c1C(=O)Nc1nc(C)co1. The van der Waals surface area contributed by atoms with Crippen LogP contribution in [-0.2, 0) is 6.54 Å². The summed E-state index contributed by atoms with van der Waals surface area (Å²) in [5, 5.41) is 6.73. The molecule has 0 aliphatic rings. The number of nitrogens with zero attached hydrogens (tertiary/aromatic N) is 3. The van der Waals surface area contributed by atoms with Gasteiger partial charge in [0, 0.05) is 6.54 Å². The van der Waals surface area contributed by atoms with Crippen molar-refractivity contribution in [1.82, 2.24) is 14.8 Å². The molecule has 0 saturated heterocycles. The van der Waals surface area contributed by atoms with Crippen molar-refractivity contribution in [3.05, 3.63) is 23.3 Å². The summed E-state index contributed by atoms with van der Waals surface area (Å²) in [6.07, 6.45) is 1.46. The van der Waals surface area contributed by atoms with E-state index in [4.69, 9.17) is 10.2 Å². The number of anilines is 2. The molecule has 96 valence electrons. The van der Waals surface area contributed by atoms with Crippen LogP contribution < -0.4 is 11.1 Å². The Morgan fingerprint density at radius 1 is 1.56 bits per heavy atom. The Morgan fingerprint density at radius 3 is 2.83 bits per heavy atom. The molecule has 0 aliphatic heterocycles. The number of nitrogen functional groups attached to an aromatic ring is 1. The van der Waals surface area contributed by atoms with Gasteiger partial charge in [0.2, 0.25) is 0 Å².